The maximum absolute atomic E-state index is 11.0. The summed E-state index contributed by atoms with van der Waals surface area (Å²) < 4.78 is 9.98. The zero-order chi connectivity index (χ0) is 10.3. The average molecular weight is 187 g/mol. The minimum atomic E-state index is -0.400. The Kier molecular flexibility index (Phi) is 5.71. The van der Waals surface area contributed by atoms with Gasteiger partial charge in [-0.05, 0) is 27.2 Å². The van der Waals surface area contributed by atoms with Gasteiger partial charge in [0, 0.05) is 0 Å². The summed E-state index contributed by atoms with van der Waals surface area (Å²) >= 11 is 0. The third-order valence-electron chi connectivity index (χ3n) is 1.25. The van der Waals surface area contributed by atoms with E-state index in [0.717, 1.165) is 19.4 Å². The molecule has 0 fully saturated rings. The summed E-state index contributed by atoms with van der Waals surface area (Å²) in [6.07, 6.45) is 1.92. The van der Waals surface area contributed by atoms with E-state index >= 15 is 0 Å². The lowest BCUT2D eigenvalue weighted by atomic mass is 10.2. The van der Waals surface area contributed by atoms with Crippen molar-refractivity contribution >= 4 is 5.97 Å². The molecule has 0 aliphatic heterocycles. The van der Waals surface area contributed by atoms with Crippen LogP contribution in [-0.4, -0.2) is 18.2 Å². The molecule has 0 aliphatic rings. The fourth-order valence-electron chi connectivity index (χ4n) is 0.576. The standard InChI is InChI=1S/C10H19O3/c1-5-6-7-12-9(11)8-13-10(2,3)4/h8H,5-7H2,1-4H3. The molecule has 0 spiro atoms. The van der Waals surface area contributed by atoms with Gasteiger partial charge in [-0.1, -0.05) is 13.3 Å². The lowest BCUT2D eigenvalue weighted by Gasteiger charge is -2.17. The molecule has 1 radical (unpaired) electrons. The molecule has 0 amide bonds. The van der Waals surface area contributed by atoms with Crippen LogP contribution in [0.2, 0.25) is 0 Å². The monoisotopic (exact) mass is 187 g/mol. The average Bonchev–Trinajstić information content (AvgIpc) is 2.00. The molecule has 13 heavy (non-hydrogen) atoms. The highest BCUT2D eigenvalue weighted by Crippen LogP contribution is 2.08. The number of esters is 1. The Hall–Kier alpha value is -0.570. The van der Waals surface area contributed by atoms with Crippen LogP contribution in [0.25, 0.3) is 0 Å². The molecule has 0 saturated heterocycles. The van der Waals surface area contributed by atoms with Crippen LogP contribution in [0.4, 0.5) is 0 Å². The van der Waals surface area contributed by atoms with Crippen molar-refractivity contribution in [1.82, 2.24) is 0 Å². The van der Waals surface area contributed by atoms with E-state index in [1.807, 2.05) is 27.7 Å². The lowest BCUT2D eigenvalue weighted by Crippen LogP contribution is -2.21. The Balaban J connectivity index is 3.41. The number of carbonyl (C=O) groups is 1. The van der Waals surface area contributed by atoms with E-state index in [4.69, 9.17) is 9.47 Å². The topological polar surface area (TPSA) is 35.5 Å². The van der Waals surface area contributed by atoms with Crippen molar-refractivity contribution < 1.29 is 14.3 Å². The van der Waals surface area contributed by atoms with Crippen LogP contribution < -0.4 is 0 Å². The normalized spacial score (nSPS) is 11.4. The summed E-state index contributed by atoms with van der Waals surface area (Å²) in [6.45, 7) is 9.28. The van der Waals surface area contributed by atoms with Gasteiger partial charge in [0.25, 0.3) is 0 Å². The van der Waals surface area contributed by atoms with E-state index in [-0.39, 0.29) is 5.60 Å². The Labute approximate surface area is 80.4 Å². The molecule has 0 atom stereocenters. The molecule has 0 aliphatic carbocycles. The van der Waals surface area contributed by atoms with Gasteiger partial charge in [0.2, 0.25) is 0 Å². The molecular formula is C10H19O3. The first-order valence-corrected chi connectivity index (χ1v) is 4.63. The SMILES string of the molecule is CCCCOC(=O)[CH]OC(C)(C)C. The van der Waals surface area contributed by atoms with Crippen LogP contribution >= 0.6 is 0 Å². The van der Waals surface area contributed by atoms with E-state index in [1.165, 1.54) is 0 Å². The van der Waals surface area contributed by atoms with Crippen LogP contribution in [0.1, 0.15) is 40.5 Å². The quantitative estimate of drug-likeness (QED) is 0.489. The number of unbranched alkanes of at least 4 members (excludes halogenated alkanes) is 1. The number of rotatable bonds is 5. The number of hydrogen-bond acceptors (Lipinski definition) is 3. The van der Waals surface area contributed by atoms with Crippen LogP contribution in [0.3, 0.4) is 0 Å². The second-order valence-corrected chi connectivity index (χ2v) is 3.87. The highest BCUT2D eigenvalue weighted by Gasteiger charge is 2.13. The minimum absolute atomic E-state index is 0.330. The molecule has 0 rings (SSSR count). The molecule has 3 nitrogen and oxygen atoms in total. The Bertz CT molecular complexity index is 147. The van der Waals surface area contributed by atoms with Gasteiger partial charge in [0.1, 0.15) is 0 Å². The van der Waals surface area contributed by atoms with Gasteiger partial charge < -0.3 is 9.47 Å². The Morgan fingerprint density at radius 3 is 2.46 bits per heavy atom. The molecule has 0 aromatic carbocycles. The van der Waals surface area contributed by atoms with Crippen LogP contribution in [-0.2, 0) is 14.3 Å². The lowest BCUT2D eigenvalue weighted by molar-refractivity contribution is -0.147. The second-order valence-electron chi connectivity index (χ2n) is 3.87. The molecule has 77 valence electrons. The predicted octanol–water partition coefficient (Wildman–Crippen LogP) is 2.31. The smallest absolute Gasteiger partial charge is 0.338 e. The zero-order valence-corrected chi connectivity index (χ0v) is 8.92. The first-order chi connectivity index (χ1) is 5.95. The van der Waals surface area contributed by atoms with Crippen molar-refractivity contribution in [1.29, 1.82) is 0 Å². The molecule has 0 unspecified atom stereocenters. The van der Waals surface area contributed by atoms with Gasteiger partial charge in [-0.15, -0.1) is 0 Å². The van der Waals surface area contributed by atoms with Gasteiger partial charge >= 0.3 is 5.97 Å². The van der Waals surface area contributed by atoms with Gasteiger partial charge in [-0.2, -0.15) is 0 Å². The van der Waals surface area contributed by atoms with Crippen LogP contribution in [0.15, 0.2) is 0 Å². The first kappa shape index (κ1) is 12.4. The Morgan fingerprint density at radius 2 is 2.00 bits per heavy atom. The maximum atomic E-state index is 11.0. The second kappa shape index (κ2) is 5.97. The fraction of sp³-hybridized carbons (Fsp3) is 0.800. The predicted molar refractivity (Wildman–Crippen MR) is 51.0 cm³/mol. The molecule has 0 saturated carbocycles. The highest BCUT2D eigenvalue weighted by molar-refractivity contribution is 5.77. The van der Waals surface area contributed by atoms with Crippen LogP contribution in [0.5, 0.6) is 0 Å². The number of hydrogen-bond donors (Lipinski definition) is 0. The maximum Gasteiger partial charge on any atom is 0.338 e. The molecule has 0 heterocycles. The molecule has 0 aromatic rings. The Morgan fingerprint density at radius 1 is 1.38 bits per heavy atom. The first-order valence-electron chi connectivity index (χ1n) is 4.63. The van der Waals surface area contributed by atoms with Gasteiger partial charge in [-0.3, -0.25) is 0 Å². The van der Waals surface area contributed by atoms with Crippen molar-refractivity contribution in [3.63, 3.8) is 0 Å². The molecule has 3 heteroatoms. The summed E-state index contributed by atoms with van der Waals surface area (Å²) in [6, 6.07) is 0. The zero-order valence-electron chi connectivity index (χ0n) is 8.92. The van der Waals surface area contributed by atoms with E-state index < -0.39 is 5.97 Å². The number of ether oxygens (including phenoxy) is 2. The van der Waals surface area contributed by atoms with E-state index in [0.29, 0.717) is 6.61 Å². The summed E-state index contributed by atoms with van der Waals surface area (Å²) in [5.41, 5.74) is -0.330. The van der Waals surface area contributed by atoms with Gasteiger partial charge in [0.15, 0.2) is 6.61 Å². The minimum Gasteiger partial charge on any atom is -0.464 e. The highest BCUT2D eigenvalue weighted by atomic mass is 16.6. The van der Waals surface area contributed by atoms with Gasteiger partial charge in [0.05, 0.1) is 12.2 Å². The van der Waals surface area contributed by atoms with E-state index in [1.54, 1.807) is 0 Å². The van der Waals surface area contributed by atoms with Crippen molar-refractivity contribution in [2.75, 3.05) is 6.61 Å². The summed E-state index contributed by atoms with van der Waals surface area (Å²) in [4.78, 5) is 11.0. The van der Waals surface area contributed by atoms with Crippen molar-refractivity contribution in [3.8, 4) is 0 Å². The van der Waals surface area contributed by atoms with Crippen LogP contribution in [0, 0.1) is 6.61 Å². The van der Waals surface area contributed by atoms with Gasteiger partial charge in [-0.25, -0.2) is 4.79 Å². The summed E-state index contributed by atoms with van der Waals surface area (Å²) in [5.74, 6) is -0.400. The molecule has 0 bridgehead atoms. The fourth-order valence-corrected chi connectivity index (χ4v) is 0.576. The summed E-state index contributed by atoms with van der Waals surface area (Å²) in [7, 11) is 0. The third kappa shape index (κ3) is 9.34. The van der Waals surface area contributed by atoms with Crippen molar-refractivity contribution in [2.24, 2.45) is 0 Å². The largest absolute Gasteiger partial charge is 0.464 e. The molecule has 0 aromatic heterocycles. The molecule has 0 N–H and O–H groups in total. The third-order valence-corrected chi connectivity index (χ3v) is 1.25. The van der Waals surface area contributed by atoms with E-state index in [9.17, 15) is 4.79 Å². The summed E-state index contributed by atoms with van der Waals surface area (Å²) in [5, 5.41) is 0. The van der Waals surface area contributed by atoms with E-state index in [2.05, 4.69) is 0 Å². The van der Waals surface area contributed by atoms with Crippen molar-refractivity contribution in [3.05, 3.63) is 6.61 Å². The van der Waals surface area contributed by atoms with Crippen molar-refractivity contribution in [2.45, 2.75) is 46.1 Å². The number of carbonyl (C=O) groups excluding carboxylic acids is 1. The molecular weight excluding hydrogens is 168 g/mol.